The highest BCUT2D eigenvalue weighted by atomic mass is 16.4. The third-order valence-electron chi connectivity index (χ3n) is 2.50. The maximum Gasteiger partial charge on any atom is 0.325 e. The molecule has 0 radical (unpaired) electrons. The first kappa shape index (κ1) is 12.6. The lowest BCUT2D eigenvalue weighted by Crippen LogP contribution is -2.25. The normalized spacial score (nSPS) is 13.2. The van der Waals surface area contributed by atoms with Crippen LogP contribution in [-0.2, 0) is 10.2 Å². The Morgan fingerprint density at radius 2 is 1.75 bits per heavy atom. The molecule has 0 fully saturated rings. The van der Waals surface area contributed by atoms with Crippen molar-refractivity contribution < 1.29 is 9.90 Å². The van der Waals surface area contributed by atoms with Gasteiger partial charge in [0.2, 0.25) is 0 Å². The first-order valence-corrected chi connectivity index (χ1v) is 5.40. The lowest BCUT2D eigenvalue weighted by Gasteiger charge is -2.19. The molecule has 0 aliphatic rings. The number of rotatable bonds is 3. The zero-order valence-corrected chi connectivity index (χ0v) is 10.2. The first-order chi connectivity index (χ1) is 7.30. The van der Waals surface area contributed by atoms with Crippen molar-refractivity contribution in [2.75, 3.05) is 5.32 Å². The summed E-state index contributed by atoms with van der Waals surface area (Å²) in [5.41, 5.74) is 2.20. The molecule has 0 aliphatic carbocycles. The van der Waals surface area contributed by atoms with E-state index in [1.54, 1.807) is 6.92 Å². The van der Waals surface area contributed by atoms with Gasteiger partial charge in [0, 0.05) is 5.69 Å². The molecule has 1 aromatic carbocycles. The van der Waals surface area contributed by atoms with Crippen molar-refractivity contribution in [2.24, 2.45) is 0 Å². The van der Waals surface area contributed by atoms with Gasteiger partial charge in [-0.2, -0.15) is 0 Å². The zero-order valence-electron chi connectivity index (χ0n) is 10.2. The van der Waals surface area contributed by atoms with Gasteiger partial charge in [0.25, 0.3) is 0 Å². The molecule has 2 N–H and O–H groups in total. The minimum atomic E-state index is -0.847. The number of aliphatic carboxylic acids is 1. The smallest absolute Gasteiger partial charge is 0.325 e. The van der Waals surface area contributed by atoms with Crippen LogP contribution in [0.15, 0.2) is 24.3 Å². The summed E-state index contributed by atoms with van der Waals surface area (Å²) in [6, 6.07) is 7.31. The van der Waals surface area contributed by atoms with Gasteiger partial charge in [0.05, 0.1) is 0 Å². The van der Waals surface area contributed by atoms with Crippen molar-refractivity contribution in [1.29, 1.82) is 0 Å². The molecule has 0 bridgehead atoms. The number of hydrogen-bond acceptors (Lipinski definition) is 2. The molecule has 0 saturated carbocycles. The fraction of sp³-hybridized carbons (Fsp3) is 0.462. The number of benzene rings is 1. The quantitative estimate of drug-likeness (QED) is 0.825. The van der Waals surface area contributed by atoms with Gasteiger partial charge >= 0.3 is 5.97 Å². The van der Waals surface area contributed by atoms with Crippen LogP contribution in [0, 0.1) is 0 Å². The van der Waals surface area contributed by atoms with Crippen LogP contribution in [0.25, 0.3) is 0 Å². The molecule has 0 aromatic heterocycles. The number of hydrogen-bond donors (Lipinski definition) is 2. The lowest BCUT2D eigenvalue weighted by molar-refractivity contribution is -0.137. The molecule has 3 nitrogen and oxygen atoms in total. The third-order valence-corrected chi connectivity index (χ3v) is 2.50. The fourth-order valence-electron chi connectivity index (χ4n) is 1.38. The summed E-state index contributed by atoms with van der Waals surface area (Å²) in [5.74, 6) is -0.847. The predicted octanol–water partition coefficient (Wildman–Crippen LogP) is 2.87. The van der Waals surface area contributed by atoms with Crippen molar-refractivity contribution in [3.8, 4) is 0 Å². The van der Waals surface area contributed by atoms with E-state index in [0.29, 0.717) is 0 Å². The molecule has 1 aromatic rings. The van der Waals surface area contributed by atoms with E-state index in [1.165, 1.54) is 5.56 Å². The SMILES string of the molecule is C[C@H](Nc1ccc(C(C)(C)C)cc1)C(=O)O. The summed E-state index contributed by atoms with van der Waals surface area (Å²) in [6.07, 6.45) is 0. The van der Waals surface area contributed by atoms with Gasteiger partial charge in [-0.1, -0.05) is 32.9 Å². The van der Waals surface area contributed by atoms with Crippen molar-refractivity contribution in [1.82, 2.24) is 0 Å². The maximum atomic E-state index is 10.7. The van der Waals surface area contributed by atoms with Crippen molar-refractivity contribution >= 4 is 11.7 Å². The fourth-order valence-corrected chi connectivity index (χ4v) is 1.38. The molecule has 1 atom stereocenters. The van der Waals surface area contributed by atoms with Gasteiger partial charge < -0.3 is 10.4 Å². The Balaban J connectivity index is 2.76. The molecule has 0 saturated heterocycles. The summed E-state index contributed by atoms with van der Waals surface area (Å²) in [5, 5.41) is 11.7. The number of carboxylic acids is 1. The second-order valence-electron chi connectivity index (χ2n) is 5.03. The summed E-state index contributed by atoms with van der Waals surface area (Å²) in [4.78, 5) is 10.7. The molecular weight excluding hydrogens is 202 g/mol. The van der Waals surface area contributed by atoms with Crippen LogP contribution in [0.4, 0.5) is 5.69 Å². The number of anilines is 1. The molecule has 16 heavy (non-hydrogen) atoms. The molecule has 88 valence electrons. The van der Waals surface area contributed by atoms with E-state index in [2.05, 4.69) is 26.1 Å². The van der Waals surface area contributed by atoms with E-state index >= 15 is 0 Å². The molecule has 0 unspecified atom stereocenters. The second-order valence-corrected chi connectivity index (χ2v) is 5.03. The predicted molar refractivity (Wildman–Crippen MR) is 65.9 cm³/mol. The molecule has 3 heteroatoms. The summed E-state index contributed by atoms with van der Waals surface area (Å²) in [7, 11) is 0. The van der Waals surface area contributed by atoms with Crippen molar-refractivity contribution in [3.05, 3.63) is 29.8 Å². The highest BCUT2D eigenvalue weighted by molar-refractivity contribution is 5.76. The van der Waals surface area contributed by atoms with Crippen LogP contribution >= 0.6 is 0 Å². The number of carbonyl (C=O) groups is 1. The van der Waals surface area contributed by atoms with Crippen LogP contribution in [-0.4, -0.2) is 17.1 Å². The van der Waals surface area contributed by atoms with E-state index in [1.807, 2.05) is 24.3 Å². The average Bonchev–Trinajstić information content (AvgIpc) is 2.17. The Hall–Kier alpha value is -1.51. The Morgan fingerprint density at radius 1 is 1.25 bits per heavy atom. The Bertz CT molecular complexity index is 363. The number of nitrogens with one attached hydrogen (secondary N) is 1. The Labute approximate surface area is 96.5 Å². The molecular formula is C13H19NO2. The van der Waals surface area contributed by atoms with E-state index < -0.39 is 12.0 Å². The van der Waals surface area contributed by atoms with E-state index in [4.69, 9.17) is 5.11 Å². The van der Waals surface area contributed by atoms with Gasteiger partial charge in [-0.25, -0.2) is 0 Å². The second kappa shape index (κ2) is 4.56. The highest BCUT2D eigenvalue weighted by Crippen LogP contribution is 2.23. The van der Waals surface area contributed by atoms with Gasteiger partial charge in [0.15, 0.2) is 0 Å². The molecule has 0 amide bonds. The summed E-state index contributed by atoms with van der Waals surface area (Å²) >= 11 is 0. The summed E-state index contributed by atoms with van der Waals surface area (Å²) in [6.45, 7) is 8.07. The topological polar surface area (TPSA) is 49.3 Å². The van der Waals surface area contributed by atoms with Crippen LogP contribution in [0.2, 0.25) is 0 Å². The monoisotopic (exact) mass is 221 g/mol. The standard InChI is InChI=1S/C13H19NO2/c1-9(12(15)16)14-11-7-5-10(6-8-11)13(2,3)4/h5-9,14H,1-4H3,(H,15,16)/t9-/m0/s1. The molecule has 0 spiro atoms. The molecule has 0 heterocycles. The Morgan fingerprint density at radius 3 is 2.12 bits per heavy atom. The van der Waals surface area contributed by atoms with Gasteiger partial charge in [0.1, 0.15) is 6.04 Å². The van der Waals surface area contributed by atoms with Crippen LogP contribution in [0.1, 0.15) is 33.3 Å². The number of carboxylic acid groups (broad SMARTS) is 1. The minimum Gasteiger partial charge on any atom is -0.480 e. The minimum absolute atomic E-state index is 0.122. The maximum absolute atomic E-state index is 10.7. The van der Waals surface area contributed by atoms with Crippen LogP contribution in [0.5, 0.6) is 0 Å². The van der Waals surface area contributed by atoms with Gasteiger partial charge in [-0.15, -0.1) is 0 Å². The Kier molecular flexibility index (Phi) is 3.58. The van der Waals surface area contributed by atoms with E-state index in [0.717, 1.165) is 5.69 Å². The largest absolute Gasteiger partial charge is 0.480 e. The highest BCUT2D eigenvalue weighted by Gasteiger charge is 2.14. The molecule has 0 aliphatic heterocycles. The van der Waals surface area contributed by atoms with Crippen molar-refractivity contribution in [3.63, 3.8) is 0 Å². The summed E-state index contributed by atoms with van der Waals surface area (Å²) < 4.78 is 0. The zero-order chi connectivity index (χ0) is 12.3. The van der Waals surface area contributed by atoms with E-state index in [-0.39, 0.29) is 5.41 Å². The van der Waals surface area contributed by atoms with E-state index in [9.17, 15) is 4.79 Å². The van der Waals surface area contributed by atoms with Gasteiger partial charge in [-0.05, 0) is 30.0 Å². The van der Waals surface area contributed by atoms with Crippen LogP contribution in [0.3, 0.4) is 0 Å². The van der Waals surface area contributed by atoms with Crippen molar-refractivity contribution in [2.45, 2.75) is 39.2 Å². The first-order valence-electron chi connectivity index (χ1n) is 5.40. The third kappa shape index (κ3) is 3.26. The van der Waals surface area contributed by atoms with Crippen LogP contribution < -0.4 is 5.32 Å². The van der Waals surface area contributed by atoms with Gasteiger partial charge in [-0.3, -0.25) is 4.79 Å². The average molecular weight is 221 g/mol. The lowest BCUT2D eigenvalue weighted by atomic mass is 9.87. The molecule has 1 rings (SSSR count).